The van der Waals surface area contributed by atoms with Crippen molar-refractivity contribution < 1.29 is 14.6 Å². The normalized spacial score (nSPS) is 10.5. The van der Waals surface area contributed by atoms with Crippen molar-refractivity contribution in [1.29, 1.82) is 0 Å². The van der Waals surface area contributed by atoms with Gasteiger partial charge in [0.15, 0.2) is 0 Å². The van der Waals surface area contributed by atoms with Crippen LogP contribution in [0.15, 0.2) is 60.9 Å². The maximum absolute atomic E-state index is 11.1. The van der Waals surface area contributed by atoms with E-state index >= 15 is 0 Å². The molecule has 0 saturated carbocycles. The Balaban J connectivity index is 1.88. The molecule has 0 bridgehead atoms. The highest BCUT2D eigenvalue weighted by molar-refractivity contribution is 5.87. The van der Waals surface area contributed by atoms with E-state index in [9.17, 15) is 4.79 Å². The maximum Gasteiger partial charge on any atom is 0.335 e. The third-order valence-electron chi connectivity index (χ3n) is 3.59. The van der Waals surface area contributed by atoms with Crippen molar-refractivity contribution in [2.45, 2.75) is 6.54 Å². The van der Waals surface area contributed by atoms with Gasteiger partial charge in [-0.25, -0.2) is 9.78 Å². The summed E-state index contributed by atoms with van der Waals surface area (Å²) in [5, 5.41) is 9.09. The molecule has 3 aromatic rings. The number of imidazole rings is 1. The number of carboxylic acids is 1. The number of carboxylic acid groups (broad SMARTS) is 1. The molecule has 1 aromatic heterocycles. The summed E-state index contributed by atoms with van der Waals surface area (Å²) in [7, 11) is 1.63. The minimum Gasteiger partial charge on any atom is -0.497 e. The van der Waals surface area contributed by atoms with E-state index in [1.165, 1.54) is 0 Å². The molecule has 116 valence electrons. The van der Waals surface area contributed by atoms with Crippen LogP contribution in [-0.4, -0.2) is 27.7 Å². The van der Waals surface area contributed by atoms with Gasteiger partial charge in [-0.3, -0.25) is 0 Å². The van der Waals surface area contributed by atoms with Gasteiger partial charge in [0.25, 0.3) is 0 Å². The number of hydrogen-bond acceptors (Lipinski definition) is 3. The molecule has 3 rings (SSSR count). The first-order valence-corrected chi connectivity index (χ1v) is 7.15. The number of rotatable bonds is 5. The number of benzene rings is 2. The second kappa shape index (κ2) is 6.36. The van der Waals surface area contributed by atoms with Gasteiger partial charge in [-0.2, -0.15) is 0 Å². The average molecular weight is 308 g/mol. The Morgan fingerprint density at radius 2 is 2.00 bits per heavy atom. The molecule has 0 aliphatic heterocycles. The van der Waals surface area contributed by atoms with E-state index in [1.807, 2.05) is 41.1 Å². The number of ether oxygens (including phenoxy) is 1. The van der Waals surface area contributed by atoms with E-state index in [4.69, 9.17) is 9.84 Å². The lowest BCUT2D eigenvalue weighted by Gasteiger charge is -2.09. The average Bonchev–Trinajstić information content (AvgIpc) is 3.03. The summed E-state index contributed by atoms with van der Waals surface area (Å²) in [5.41, 5.74) is 2.18. The van der Waals surface area contributed by atoms with Crippen LogP contribution in [0.3, 0.4) is 0 Å². The first-order chi connectivity index (χ1) is 11.2. The number of aromatic carboxylic acids is 1. The molecule has 0 atom stereocenters. The highest BCUT2D eigenvalue weighted by Gasteiger charge is 2.08. The predicted molar refractivity (Wildman–Crippen MR) is 86.7 cm³/mol. The van der Waals surface area contributed by atoms with Gasteiger partial charge in [-0.05, 0) is 42.0 Å². The monoisotopic (exact) mass is 308 g/mol. The molecule has 0 aliphatic carbocycles. The van der Waals surface area contributed by atoms with Crippen LogP contribution >= 0.6 is 0 Å². The summed E-state index contributed by atoms with van der Waals surface area (Å²) >= 11 is 0. The van der Waals surface area contributed by atoms with Crippen LogP contribution < -0.4 is 4.74 Å². The van der Waals surface area contributed by atoms with Crippen molar-refractivity contribution in [3.8, 4) is 17.1 Å². The number of carbonyl (C=O) groups is 1. The minimum atomic E-state index is -0.923. The molecule has 5 heteroatoms. The number of methoxy groups -OCH3 is 1. The standard InChI is InChI=1S/C18H16N2O3/c1-23-16-7-5-14(6-8-16)17-19-9-10-20(17)12-13-3-2-4-15(11-13)18(21)22/h2-11H,12H2,1H3,(H,21,22). The second-order valence-corrected chi connectivity index (χ2v) is 5.11. The first kappa shape index (κ1) is 14.8. The summed E-state index contributed by atoms with van der Waals surface area (Å²) in [4.78, 5) is 15.5. The van der Waals surface area contributed by atoms with Gasteiger partial charge in [0, 0.05) is 24.5 Å². The van der Waals surface area contributed by atoms with Crippen molar-refractivity contribution >= 4 is 5.97 Å². The van der Waals surface area contributed by atoms with E-state index in [1.54, 1.807) is 31.5 Å². The summed E-state index contributed by atoms with van der Waals surface area (Å²) in [6.07, 6.45) is 3.62. The van der Waals surface area contributed by atoms with E-state index in [0.29, 0.717) is 6.54 Å². The Morgan fingerprint density at radius 3 is 2.70 bits per heavy atom. The quantitative estimate of drug-likeness (QED) is 0.785. The highest BCUT2D eigenvalue weighted by atomic mass is 16.5. The Labute approximate surface area is 133 Å². The summed E-state index contributed by atoms with van der Waals surface area (Å²) in [6, 6.07) is 14.6. The molecular formula is C18H16N2O3. The third kappa shape index (κ3) is 3.23. The van der Waals surface area contributed by atoms with E-state index in [-0.39, 0.29) is 5.56 Å². The van der Waals surface area contributed by atoms with Crippen LogP contribution in [0.4, 0.5) is 0 Å². The molecule has 23 heavy (non-hydrogen) atoms. The lowest BCUT2D eigenvalue weighted by atomic mass is 10.1. The van der Waals surface area contributed by atoms with Crippen molar-refractivity contribution in [2.75, 3.05) is 7.11 Å². The van der Waals surface area contributed by atoms with Crippen molar-refractivity contribution in [1.82, 2.24) is 9.55 Å². The molecular weight excluding hydrogens is 292 g/mol. The van der Waals surface area contributed by atoms with E-state index in [0.717, 1.165) is 22.7 Å². The van der Waals surface area contributed by atoms with Gasteiger partial charge in [0.1, 0.15) is 11.6 Å². The smallest absolute Gasteiger partial charge is 0.335 e. The summed E-state index contributed by atoms with van der Waals surface area (Å²) < 4.78 is 7.15. The third-order valence-corrected chi connectivity index (χ3v) is 3.59. The fourth-order valence-corrected chi connectivity index (χ4v) is 2.44. The number of nitrogens with zero attached hydrogens (tertiary/aromatic N) is 2. The second-order valence-electron chi connectivity index (χ2n) is 5.11. The van der Waals surface area contributed by atoms with Gasteiger partial charge in [-0.15, -0.1) is 0 Å². The number of hydrogen-bond donors (Lipinski definition) is 1. The molecule has 0 saturated heterocycles. The Kier molecular flexibility index (Phi) is 4.10. The minimum absolute atomic E-state index is 0.286. The fourth-order valence-electron chi connectivity index (χ4n) is 2.44. The SMILES string of the molecule is COc1ccc(-c2nccn2Cc2cccc(C(=O)O)c2)cc1. The van der Waals surface area contributed by atoms with Crippen molar-refractivity contribution in [3.63, 3.8) is 0 Å². The number of aromatic nitrogens is 2. The van der Waals surface area contributed by atoms with Gasteiger partial charge in [0.2, 0.25) is 0 Å². The zero-order chi connectivity index (χ0) is 16.2. The first-order valence-electron chi connectivity index (χ1n) is 7.15. The van der Waals surface area contributed by atoms with Gasteiger partial charge < -0.3 is 14.4 Å². The largest absolute Gasteiger partial charge is 0.497 e. The Morgan fingerprint density at radius 1 is 1.22 bits per heavy atom. The Hall–Kier alpha value is -3.08. The molecule has 1 N–H and O–H groups in total. The van der Waals surface area contributed by atoms with Crippen molar-refractivity contribution in [2.24, 2.45) is 0 Å². The van der Waals surface area contributed by atoms with E-state index < -0.39 is 5.97 Å². The summed E-state index contributed by atoms with van der Waals surface area (Å²) in [5.74, 6) is 0.697. The van der Waals surface area contributed by atoms with Crippen LogP contribution in [0, 0.1) is 0 Å². The highest BCUT2D eigenvalue weighted by Crippen LogP contribution is 2.22. The topological polar surface area (TPSA) is 64.4 Å². The van der Waals surface area contributed by atoms with Gasteiger partial charge in [-0.1, -0.05) is 12.1 Å². The van der Waals surface area contributed by atoms with Crippen LogP contribution in [0.2, 0.25) is 0 Å². The molecule has 0 aliphatic rings. The summed E-state index contributed by atoms with van der Waals surface area (Å²) in [6.45, 7) is 0.558. The molecule has 5 nitrogen and oxygen atoms in total. The maximum atomic E-state index is 11.1. The van der Waals surface area contributed by atoms with E-state index in [2.05, 4.69) is 4.98 Å². The van der Waals surface area contributed by atoms with Gasteiger partial charge >= 0.3 is 5.97 Å². The lowest BCUT2D eigenvalue weighted by molar-refractivity contribution is 0.0696. The van der Waals surface area contributed by atoms with Crippen LogP contribution in [0.25, 0.3) is 11.4 Å². The van der Waals surface area contributed by atoms with Crippen molar-refractivity contribution in [3.05, 3.63) is 72.1 Å². The molecule has 2 aromatic carbocycles. The molecule has 0 fully saturated rings. The zero-order valence-corrected chi connectivity index (χ0v) is 12.6. The predicted octanol–water partition coefficient (Wildman–Crippen LogP) is 3.31. The van der Waals surface area contributed by atoms with Crippen LogP contribution in [-0.2, 0) is 6.54 Å². The molecule has 0 spiro atoms. The lowest BCUT2D eigenvalue weighted by Crippen LogP contribution is -2.03. The fraction of sp³-hybridized carbons (Fsp3) is 0.111. The molecule has 0 amide bonds. The van der Waals surface area contributed by atoms with Crippen LogP contribution in [0.1, 0.15) is 15.9 Å². The Bertz CT molecular complexity index is 822. The van der Waals surface area contributed by atoms with Crippen LogP contribution in [0.5, 0.6) is 5.75 Å². The molecule has 0 unspecified atom stereocenters. The van der Waals surface area contributed by atoms with Gasteiger partial charge in [0.05, 0.1) is 12.7 Å². The zero-order valence-electron chi connectivity index (χ0n) is 12.6. The molecule has 1 heterocycles. The molecule has 0 radical (unpaired) electrons.